The second kappa shape index (κ2) is 5.07. The van der Waals surface area contributed by atoms with Gasteiger partial charge in [0.05, 0.1) is 11.9 Å². The normalized spacial score (nSPS) is 12.2. The lowest BCUT2D eigenvalue weighted by Gasteiger charge is -2.27. The SMILES string of the molecule is CCC(C)N(C)c1cnccc1C(N)=S. The van der Waals surface area contributed by atoms with Crippen molar-refractivity contribution < 1.29 is 0 Å². The highest BCUT2D eigenvalue weighted by atomic mass is 32.1. The van der Waals surface area contributed by atoms with Crippen molar-refractivity contribution in [2.45, 2.75) is 26.3 Å². The summed E-state index contributed by atoms with van der Waals surface area (Å²) in [6.07, 6.45) is 4.59. The lowest BCUT2D eigenvalue weighted by molar-refractivity contribution is 0.662. The Balaban J connectivity index is 3.07. The molecule has 1 heterocycles. The highest BCUT2D eigenvalue weighted by Crippen LogP contribution is 2.20. The van der Waals surface area contributed by atoms with Crippen molar-refractivity contribution in [2.75, 3.05) is 11.9 Å². The van der Waals surface area contributed by atoms with E-state index in [4.69, 9.17) is 18.0 Å². The summed E-state index contributed by atoms with van der Waals surface area (Å²) < 4.78 is 0. The number of hydrogen-bond donors (Lipinski definition) is 1. The fourth-order valence-electron chi connectivity index (χ4n) is 1.39. The maximum atomic E-state index is 5.67. The van der Waals surface area contributed by atoms with Crippen molar-refractivity contribution in [3.05, 3.63) is 24.0 Å². The summed E-state index contributed by atoms with van der Waals surface area (Å²) in [5, 5.41) is 0. The van der Waals surface area contributed by atoms with Crippen LogP contribution in [0.15, 0.2) is 18.5 Å². The Labute approximate surface area is 96.3 Å². The van der Waals surface area contributed by atoms with Gasteiger partial charge in [-0.15, -0.1) is 0 Å². The third-order valence-electron chi connectivity index (χ3n) is 2.70. The van der Waals surface area contributed by atoms with Gasteiger partial charge < -0.3 is 10.6 Å². The van der Waals surface area contributed by atoms with Gasteiger partial charge in [0.2, 0.25) is 0 Å². The largest absolute Gasteiger partial charge is 0.389 e. The minimum Gasteiger partial charge on any atom is -0.389 e. The first-order chi connectivity index (χ1) is 7.07. The minimum atomic E-state index is 0.419. The number of hydrogen-bond acceptors (Lipinski definition) is 3. The summed E-state index contributed by atoms with van der Waals surface area (Å²) >= 11 is 5.01. The molecule has 0 aliphatic carbocycles. The maximum Gasteiger partial charge on any atom is 0.106 e. The van der Waals surface area contributed by atoms with Crippen LogP contribution in [-0.2, 0) is 0 Å². The van der Waals surface area contributed by atoms with Crippen LogP contribution in [-0.4, -0.2) is 23.1 Å². The number of nitrogens with two attached hydrogens (primary N) is 1. The molecule has 0 aliphatic rings. The molecule has 1 aromatic heterocycles. The van der Waals surface area contributed by atoms with Crippen LogP contribution >= 0.6 is 12.2 Å². The molecule has 82 valence electrons. The lowest BCUT2D eigenvalue weighted by atomic mass is 10.1. The Hall–Kier alpha value is -1.16. The van der Waals surface area contributed by atoms with Crippen LogP contribution < -0.4 is 10.6 Å². The molecule has 4 heteroatoms. The number of anilines is 1. The smallest absolute Gasteiger partial charge is 0.106 e. The van der Waals surface area contributed by atoms with Gasteiger partial charge in [-0.25, -0.2) is 0 Å². The quantitative estimate of drug-likeness (QED) is 0.792. The van der Waals surface area contributed by atoms with Gasteiger partial charge in [-0.05, 0) is 19.4 Å². The second-order valence-electron chi connectivity index (χ2n) is 3.63. The second-order valence-corrected chi connectivity index (χ2v) is 4.07. The van der Waals surface area contributed by atoms with Crippen molar-refractivity contribution in [1.29, 1.82) is 0 Å². The predicted molar refractivity (Wildman–Crippen MR) is 68.3 cm³/mol. The van der Waals surface area contributed by atoms with Gasteiger partial charge in [0.1, 0.15) is 4.99 Å². The molecular weight excluding hydrogens is 206 g/mol. The molecule has 1 atom stereocenters. The molecule has 15 heavy (non-hydrogen) atoms. The number of thiocarbonyl (C=S) groups is 1. The average molecular weight is 223 g/mol. The van der Waals surface area contributed by atoms with Gasteiger partial charge in [-0.3, -0.25) is 4.98 Å². The summed E-state index contributed by atoms with van der Waals surface area (Å²) in [7, 11) is 2.03. The Kier molecular flexibility index (Phi) is 4.03. The van der Waals surface area contributed by atoms with Gasteiger partial charge in [0.15, 0.2) is 0 Å². The Morgan fingerprint density at radius 3 is 2.87 bits per heavy atom. The minimum absolute atomic E-state index is 0.419. The van der Waals surface area contributed by atoms with Crippen LogP contribution in [0, 0.1) is 0 Å². The van der Waals surface area contributed by atoms with Crippen LogP contribution in [0.1, 0.15) is 25.8 Å². The first-order valence-corrected chi connectivity index (χ1v) is 5.45. The Morgan fingerprint density at radius 1 is 1.67 bits per heavy atom. The van der Waals surface area contributed by atoms with Crippen molar-refractivity contribution in [3.8, 4) is 0 Å². The van der Waals surface area contributed by atoms with Gasteiger partial charge in [0.25, 0.3) is 0 Å². The van der Waals surface area contributed by atoms with Gasteiger partial charge in [-0.1, -0.05) is 19.1 Å². The molecule has 0 radical (unpaired) electrons. The van der Waals surface area contributed by atoms with E-state index < -0.39 is 0 Å². The van der Waals surface area contributed by atoms with E-state index in [1.54, 1.807) is 12.4 Å². The molecule has 0 bridgehead atoms. The number of pyridine rings is 1. The Morgan fingerprint density at radius 2 is 2.33 bits per heavy atom. The summed E-state index contributed by atoms with van der Waals surface area (Å²) in [5.41, 5.74) is 7.56. The molecule has 1 rings (SSSR count). The van der Waals surface area contributed by atoms with Gasteiger partial charge in [-0.2, -0.15) is 0 Å². The van der Waals surface area contributed by atoms with Crippen LogP contribution in [0.25, 0.3) is 0 Å². The zero-order chi connectivity index (χ0) is 11.4. The topological polar surface area (TPSA) is 42.2 Å². The fourth-order valence-corrected chi connectivity index (χ4v) is 1.56. The van der Waals surface area contributed by atoms with E-state index in [2.05, 4.69) is 23.7 Å². The average Bonchev–Trinajstić information content (AvgIpc) is 2.27. The van der Waals surface area contributed by atoms with Gasteiger partial charge in [0, 0.05) is 24.8 Å². The van der Waals surface area contributed by atoms with Crippen LogP contribution in [0.3, 0.4) is 0 Å². The predicted octanol–water partition coefficient (Wildman–Crippen LogP) is 1.95. The van der Waals surface area contributed by atoms with E-state index in [-0.39, 0.29) is 0 Å². The summed E-state index contributed by atoms with van der Waals surface area (Å²) in [6, 6.07) is 2.30. The van der Waals surface area contributed by atoms with Crippen LogP contribution in [0.5, 0.6) is 0 Å². The van der Waals surface area contributed by atoms with E-state index in [0.29, 0.717) is 11.0 Å². The molecular formula is C11H17N3S. The van der Waals surface area contributed by atoms with Crippen molar-refractivity contribution in [1.82, 2.24) is 4.98 Å². The molecule has 0 aliphatic heterocycles. The monoisotopic (exact) mass is 223 g/mol. The van der Waals surface area contributed by atoms with E-state index in [9.17, 15) is 0 Å². The van der Waals surface area contributed by atoms with E-state index in [0.717, 1.165) is 17.7 Å². The first kappa shape index (κ1) is 11.9. The molecule has 0 spiro atoms. The summed E-state index contributed by atoms with van der Waals surface area (Å²) in [4.78, 5) is 6.68. The summed E-state index contributed by atoms with van der Waals surface area (Å²) in [5.74, 6) is 0. The number of nitrogens with zero attached hydrogens (tertiary/aromatic N) is 2. The molecule has 2 N–H and O–H groups in total. The molecule has 0 aromatic carbocycles. The molecule has 0 saturated carbocycles. The van der Waals surface area contributed by atoms with E-state index >= 15 is 0 Å². The van der Waals surface area contributed by atoms with Crippen molar-refractivity contribution in [3.63, 3.8) is 0 Å². The molecule has 0 fully saturated rings. The van der Waals surface area contributed by atoms with Crippen LogP contribution in [0.4, 0.5) is 5.69 Å². The van der Waals surface area contributed by atoms with Gasteiger partial charge >= 0.3 is 0 Å². The maximum absolute atomic E-state index is 5.67. The standard InChI is InChI=1S/C11H17N3S/c1-4-8(2)14(3)10-7-13-6-5-9(10)11(12)15/h5-8H,4H2,1-3H3,(H2,12,15). The van der Waals surface area contributed by atoms with E-state index in [1.807, 2.05) is 13.1 Å². The Bertz CT molecular complexity index is 351. The van der Waals surface area contributed by atoms with Crippen molar-refractivity contribution >= 4 is 22.9 Å². The summed E-state index contributed by atoms with van der Waals surface area (Å²) in [6.45, 7) is 4.31. The third kappa shape index (κ3) is 2.65. The molecule has 3 nitrogen and oxygen atoms in total. The van der Waals surface area contributed by atoms with E-state index in [1.165, 1.54) is 0 Å². The number of rotatable bonds is 4. The highest BCUT2D eigenvalue weighted by Gasteiger charge is 2.13. The van der Waals surface area contributed by atoms with Crippen molar-refractivity contribution in [2.24, 2.45) is 5.73 Å². The molecule has 0 amide bonds. The first-order valence-electron chi connectivity index (χ1n) is 5.04. The fraction of sp³-hybridized carbons (Fsp3) is 0.455. The number of aromatic nitrogens is 1. The lowest BCUT2D eigenvalue weighted by Crippen LogP contribution is -2.30. The third-order valence-corrected chi connectivity index (χ3v) is 2.92. The molecule has 1 aromatic rings. The van der Waals surface area contributed by atoms with Crippen LogP contribution in [0.2, 0.25) is 0 Å². The highest BCUT2D eigenvalue weighted by molar-refractivity contribution is 7.80. The molecule has 0 saturated heterocycles. The zero-order valence-electron chi connectivity index (χ0n) is 9.40. The molecule has 1 unspecified atom stereocenters. The zero-order valence-corrected chi connectivity index (χ0v) is 10.2.